The minimum absolute atomic E-state index is 0. The van der Waals surface area contributed by atoms with Crippen LogP contribution < -0.4 is 24.8 Å². The molecule has 0 saturated carbocycles. The second kappa shape index (κ2) is 15.1. The third-order valence-electron chi connectivity index (χ3n) is 10.1. The zero-order valence-electron chi connectivity index (χ0n) is 30.3. The molecule has 250 valence electrons. The van der Waals surface area contributed by atoms with E-state index in [2.05, 4.69) is 172 Å². The Labute approximate surface area is 322 Å². The number of hydrogen-bond donors (Lipinski definition) is 0. The number of hydrogen-bond acceptors (Lipinski definition) is 0. The van der Waals surface area contributed by atoms with Gasteiger partial charge in [0, 0.05) is 5.41 Å². The predicted molar refractivity (Wildman–Crippen MR) is 199 cm³/mol. The maximum absolute atomic E-state index is 3.65. The zero-order chi connectivity index (χ0) is 33.7. The molecule has 0 N–H and O–H groups in total. The van der Waals surface area contributed by atoms with Crippen molar-refractivity contribution in [2.75, 3.05) is 0 Å². The van der Waals surface area contributed by atoms with Gasteiger partial charge in [0.1, 0.15) is 0 Å². The Morgan fingerprint density at radius 3 is 1.63 bits per heavy atom. The summed E-state index contributed by atoms with van der Waals surface area (Å²) in [5.74, 6) is 0. The van der Waals surface area contributed by atoms with Gasteiger partial charge >= 0.3 is 99.2 Å². The van der Waals surface area contributed by atoms with E-state index in [4.69, 9.17) is 0 Å². The van der Waals surface area contributed by atoms with E-state index in [0.717, 1.165) is 6.42 Å². The molecule has 0 atom stereocenters. The van der Waals surface area contributed by atoms with E-state index in [1.54, 1.807) is 0 Å². The van der Waals surface area contributed by atoms with E-state index in [1.165, 1.54) is 111 Å². The Hall–Kier alpha value is -2.96. The summed E-state index contributed by atoms with van der Waals surface area (Å²) >= 11 is 1.46. The minimum atomic E-state index is 0. The van der Waals surface area contributed by atoms with Crippen molar-refractivity contribution < 1.29 is 49.0 Å². The van der Waals surface area contributed by atoms with Gasteiger partial charge in [-0.3, -0.25) is 6.08 Å². The fraction of sp³-hybridized carbons (Fsp3) is 0.261. The topological polar surface area (TPSA) is 0 Å². The van der Waals surface area contributed by atoms with Gasteiger partial charge in [-0.25, -0.2) is 11.6 Å². The van der Waals surface area contributed by atoms with Crippen LogP contribution in [-0.2, 0) is 41.5 Å². The summed E-state index contributed by atoms with van der Waals surface area (Å²) in [6.07, 6.45) is 7.13. The average Bonchev–Trinajstić information content (AvgIpc) is 3.69. The third-order valence-corrected chi connectivity index (χ3v) is 11.5. The van der Waals surface area contributed by atoms with Gasteiger partial charge in [0.25, 0.3) is 0 Å². The second-order valence-electron chi connectivity index (χ2n) is 14.7. The van der Waals surface area contributed by atoms with Gasteiger partial charge in [-0.15, -0.1) is 11.6 Å². The molecule has 0 amide bonds. The molecule has 3 aliphatic rings. The quantitative estimate of drug-likeness (QED) is 0.202. The number of benzene rings is 4. The predicted octanol–water partition coefficient (Wildman–Crippen LogP) is 5.59. The van der Waals surface area contributed by atoms with E-state index in [0.29, 0.717) is 0 Å². The van der Waals surface area contributed by atoms with E-state index in [9.17, 15) is 0 Å². The average molecular weight is 761 g/mol. The van der Waals surface area contributed by atoms with Crippen LogP contribution in [0.2, 0.25) is 0 Å². The molecule has 0 aliphatic heterocycles. The summed E-state index contributed by atoms with van der Waals surface area (Å²) in [5.41, 5.74) is 21.4. The van der Waals surface area contributed by atoms with Gasteiger partial charge in [0.15, 0.2) is 0 Å². The van der Waals surface area contributed by atoms with Crippen molar-refractivity contribution in [1.29, 1.82) is 0 Å². The van der Waals surface area contributed by atoms with Gasteiger partial charge in [0.05, 0.1) is 0 Å². The number of fused-ring (bicyclic) bond motifs is 5. The van der Waals surface area contributed by atoms with Crippen molar-refractivity contribution in [3.05, 3.63) is 170 Å². The van der Waals surface area contributed by atoms with Gasteiger partial charge in [-0.2, -0.15) is 28.3 Å². The van der Waals surface area contributed by atoms with Gasteiger partial charge < -0.3 is 24.8 Å². The Kier molecular flexibility index (Phi) is 12.0. The normalized spacial score (nSPS) is 14.9. The van der Waals surface area contributed by atoms with Crippen LogP contribution in [0.1, 0.15) is 103 Å². The molecular weight excluding hydrogens is 715 g/mol. The van der Waals surface area contributed by atoms with Crippen molar-refractivity contribution in [3.63, 3.8) is 0 Å². The monoisotopic (exact) mass is 758 g/mol. The molecule has 0 unspecified atom stereocenters. The zero-order valence-corrected chi connectivity index (χ0v) is 34.2. The standard InChI is InChI=1S/C25H25.C13H10.C8H11.2ClH.Zr/c1-14-12-24(3,4)22-8-16-7-17-9-23-19(15(2)13-25(23,5)6)11-21(17)20(16)10-18(14)22;1-3-7-12(8-4-1)11-13-9-5-2-6-10-13;1-6-4-7(2)8(3)5-6;;;/h8-12H,7H2,1-6H3;1-10H;4-5H,1-3H3;2*1H;/q-1;;-1;;;+2/p-2. The molecule has 5 aromatic carbocycles. The Balaban J connectivity index is 0.000000191. The molecule has 0 fully saturated rings. The number of allylic oxidation sites excluding steroid dienone is 4. The molecule has 0 spiro atoms. The molecular formula is C46H46Cl2Zr-2. The van der Waals surface area contributed by atoms with Crippen LogP contribution in [0, 0.1) is 26.8 Å². The SMILES string of the molecule is CC1=[C-]C(C)(C)c2cc3c(cc21)-c1cc2c(cc1C3)C(C)(C)C=C2C.Cc1cc(C)c(C)[cH-]1.[Cl-].[Cl-].[Zr+2]=[C](c1ccccc1)c1ccccc1. The van der Waals surface area contributed by atoms with Gasteiger partial charge in [0.2, 0.25) is 0 Å². The molecule has 8 rings (SSSR count). The molecule has 0 bridgehead atoms. The van der Waals surface area contributed by atoms with Crippen molar-refractivity contribution in [1.82, 2.24) is 0 Å². The third kappa shape index (κ3) is 7.86. The molecule has 5 aromatic rings. The fourth-order valence-electron chi connectivity index (χ4n) is 7.60. The van der Waals surface area contributed by atoms with Crippen LogP contribution in [0.15, 0.2) is 103 Å². The summed E-state index contributed by atoms with van der Waals surface area (Å²) in [4.78, 5) is 0. The first-order valence-corrected chi connectivity index (χ1v) is 18.0. The first kappa shape index (κ1) is 38.8. The van der Waals surface area contributed by atoms with E-state index < -0.39 is 0 Å². The van der Waals surface area contributed by atoms with Crippen molar-refractivity contribution >= 4 is 14.4 Å². The first-order valence-electron chi connectivity index (χ1n) is 16.8. The van der Waals surface area contributed by atoms with Crippen molar-refractivity contribution in [3.8, 4) is 11.1 Å². The molecule has 3 heteroatoms. The number of rotatable bonds is 2. The number of halogens is 2. The van der Waals surface area contributed by atoms with Crippen LogP contribution in [0.3, 0.4) is 0 Å². The second-order valence-corrected chi connectivity index (χ2v) is 15.9. The van der Waals surface area contributed by atoms with Crippen LogP contribution in [-0.4, -0.2) is 3.21 Å². The molecule has 0 heterocycles. The Bertz CT molecular complexity index is 1910. The summed E-state index contributed by atoms with van der Waals surface area (Å²) < 4.78 is 1.42. The molecule has 0 saturated heterocycles. The molecule has 3 aliphatic carbocycles. The van der Waals surface area contributed by atoms with E-state index in [1.807, 2.05) is 0 Å². The maximum atomic E-state index is 3.65. The van der Waals surface area contributed by atoms with Crippen LogP contribution in [0.25, 0.3) is 22.3 Å². The Morgan fingerprint density at radius 2 is 1.16 bits per heavy atom. The summed E-state index contributed by atoms with van der Waals surface area (Å²) in [5, 5.41) is 0. The van der Waals surface area contributed by atoms with Crippen molar-refractivity contribution in [2.24, 2.45) is 0 Å². The molecule has 0 aromatic heterocycles. The van der Waals surface area contributed by atoms with Crippen molar-refractivity contribution in [2.45, 2.75) is 79.6 Å². The van der Waals surface area contributed by atoms with Crippen LogP contribution in [0.4, 0.5) is 0 Å². The van der Waals surface area contributed by atoms with Gasteiger partial charge in [-0.05, 0) is 58.4 Å². The van der Waals surface area contributed by atoms with Crippen LogP contribution in [0.5, 0.6) is 0 Å². The molecule has 0 radical (unpaired) electrons. The van der Waals surface area contributed by atoms with E-state index in [-0.39, 0.29) is 35.6 Å². The summed E-state index contributed by atoms with van der Waals surface area (Å²) in [6, 6.07) is 35.3. The van der Waals surface area contributed by atoms with Gasteiger partial charge in [-0.1, -0.05) is 79.0 Å². The summed E-state index contributed by atoms with van der Waals surface area (Å²) in [6.45, 7) is 20.1. The van der Waals surface area contributed by atoms with E-state index >= 15 is 0 Å². The first-order chi connectivity index (χ1) is 22.2. The van der Waals surface area contributed by atoms with Crippen LogP contribution >= 0.6 is 0 Å². The number of aryl methyl sites for hydroxylation is 3. The molecule has 0 nitrogen and oxygen atoms in total. The molecule has 49 heavy (non-hydrogen) atoms. The Morgan fingerprint density at radius 1 is 0.653 bits per heavy atom. The summed E-state index contributed by atoms with van der Waals surface area (Å²) in [7, 11) is 0. The fourth-order valence-corrected chi connectivity index (χ4v) is 8.42.